The quantitative estimate of drug-likeness (QED) is 0.0370. The fourth-order valence-electron chi connectivity index (χ4n) is 8.36. The van der Waals surface area contributed by atoms with E-state index in [1.54, 1.807) is 12.1 Å². The van der Waals surface area contributed by atoms with Gasteiger partial charge in [-0.2, -0.15) is 0 Å². The number of esters is 2. The molecule has 6 nitrogen and oxygen atoms in total. The summed E-state index contributed by atoms with van der Waals surface area (Å²) >= 11 is 0. The van der Waals surface area contributed by atoms with E-state index in [2.05, 4.69) is 37.5 Å². The van der Waals surface area contributed by atoms with Crippen LogP contribution < -0.4 is 0 Å². The standard InChI is InChI=1S/C54H100N2O4/c1-5-9-13-17-21-25-29-33-39-45-55(46-40-34-30-26-22-18-14-10-6-2)49-59-53(57)51-43-37-38-44-52(51)54(58)60-50-56(47-41-35-31-27-23-19-15-11-7-3)48-42-36-32-28-24-20-16-12-8-4/h37-38,43-44H,5-36,39-42,45-50H2,1-4H3. The molecule has 60 heavy (non-hydrogen) atoms. The molecule has 0 aliphatic carbocycles. The summed E-state index contributed by atoms with van der Waals surface area (Å²) in [5.74, 6) is -0.874. The minimum Gasteiger partial charge on any atom is -0.446 e. The highest BCUT2D eigenvalue weighted by molar-refractivity contribution is 6.03. The normalized spacial score (nSPS) is 11.6. The number of nitrogens with zero attached hydrogens (tertiary/aromatic N) is 2. The van der Waals surface area contributed by atoms with Crippen LogP contribution in [-0.2, 0) is 9.47 Å². The largest absolute Gasteiger partial charge is 0.446 e. The number of rotatable bonds is 46. The molecule has 0 unspecified atom stereocenters. The van der Waals surface area contributed by atoms with Crippen LogP contribution in [0, 0.1) is 0 Å². The van der Waals surface area contributed by atoms with E-state index in [1.807, 2.05) is 12.1 Å². The average molecular weight is 841 g/mol. The van der Waals surface area contributed by atoms with Crippen LogP contribution in [-0.4, -0.2) is 61.4 Å². The Bertz CT molecular complexity index is 953. The zero-order valence-corrected chi connectivity index (χ0v) is 40.5. The first-order valence-corrected chi connectivity index (χ1v) is 26.4. The molecule has 350 valence electrons. The van der Waals surface area contributed by atoms with Gasteiger partial charge in [-0.25, -0.2) is 9.59 Å². The first kappa shape index (κ1) is 56.1. The summed E-state index contributed by atoms with van der Waals surface area (Å²) in [6.45, 7) is 13.4. The summed E-state index contributed by atoms with van der Waals surface area (Å²) in [6.07, 6.45) is 46.7. The molecule has 0 fully saturated rings. The van der Waals surface area contributed by atoms with E-state index in [0.29, 0.717) is 11.1 Å². The highest BCUT2D eigenvalue weighted by Crippen LogP contribution is 2.17. The lowest BCUT2D eigenvalue weighted by molar-refractivity contribution is 0.0164. The number of hydrogen-bond acceptors (Lipinski definition) is 6. The third-order valence-electron chi connectivity index (χ3n) is 12.4. The minimum absolute atomic E-state index is 0.265. The molecular weight excluding hydrogens is 741 g/mol. The van der Waals surface area contributed by atoms with E-state index in [0.717, 1.165) is 51.9 Å². The van der Waals surface area contributed by atoms with Gasteiger partial charge in [0.1, 0.15) is 13.5 Å². The van der Waals surface area contributed by atoms with E-state index < -0.39 is 11.9 Å². The van der Waals surface area contributed by atoms with Crippen LogP contribution in [0.2, 0.25) is 0 Å². The predicted molar refractivity (Wildman–Crippen MR) is 259 cm³/mol. The van der Waals surface area contributed by atoms with Crippen LogP contribution in [0.4, 0.5) is 0 Å². The molecule has 0 N–H and O–H groups in total. The van der Waals surface area contributed by atoms with Crippen molar-refractivity contribution in [3.05, 3.63) is 35.4 Å². The van der Waals surface area contributed by atoms with Crippen LogP contribution >= 0.6 is 0 Å². The molecule has 0 amide bonds. The molecule has 0 aliphatic heterocycles. The van der Waals surface area contributed by atoms with Crippen LogP contribution in [0.1, 0.15) is 280 Å². The lowest BCUT2D eigenvalue weighted by atomic mass is 10.1. The molecule has 0 aromatic heterocycles. The van der Waals surface area contributed by atoms with Crippen LogP contribution in [0.15, 0.2) is 24.3 Å². The van der Waals surface area contributed by atoms with Crippen LogP contribution in [0.3, 0.4) is 0 Å². The maximum Gasteiger partial charge on any atom is 0.340 e. The van der Waals surface area contributed by atoms with Gasteiger partial charge in [0.2, 0.25) is 0 Å². The topological polar surface area (TPSA) is 59.1 Å². The van der Waals surface area contributed by atoms with Crippen molar-refractivity contribution in [1.82, 2.24) is 9.80 Å². The molecular formula is C54H100N2O4. The van der Waals surface area contributed by atoms with Crippen LogP contribution in [0.5, 0.6) is 0 Å². The van der Waals surface area contributed by atoms with Gasteiger partial charge in [-0.3, -0.25) is 9.80 Å². The smallest absolute Gasteiger partial charge is 0.340 e. The zero-order valence-electron chi connectivity index (χ0n) is 40.5. The van der Waals surface area contributed by atoms with E-state index in [4.69, 9.17) is 9.47 Å². The molecule has 1 aromatic rings. The summed E-state index contributed by atoms with van der Waals surface area (Å²) in [5.41, 5.74) is 0.607. The highest BCUT2D eigenvalue weighted by Gasteiger charge is 2.21. The number of carbonyl (C=O) groups excluding carboxylic acids is 2. The van der Waals surface area contributed by atoms with Gasteiger partial charge in [0.15, 0.2) is 0 Å². The Morgan fingerprint density at radius 1 is 0.333 bits per heavy atom. The lowest BCUT2D eigenvalue weighted by Gasteiger charge is -2.23. The Labute approximate surface area is 373 Å². The summed E-state index contributed by atoms with van der Waals surface area (Å²) in [6, 6.07) is 7.06. The van der Waals surface area contributed by atoms with Crippen molar-refractivity contribution in [3.8, 4) is 0 Å². The Kier molecular flexibility index (Phi) is 40.9. The first-order valence-electron chi connectivity index (χ1n) is 26.4. The van der Waals surface area contributed by atoms with Gasteiger partial charge < -0.3 is 9.47 Å². The molecule has 0 atom stereocenters. The van der Waals surface area contributed by atoms with E-state index in [9.17, 15) is 9.59 Å². The number of hydrogen-bond donors (Lipinski definition) is 0. The van der Waals surface area contributed by atoms with E-state index in [-0.39, 0.29) is 13.5 Å². The van der Waals surface area contributed by atoms with E-state index in [1.165, 1.54) is 205 Å². The van der Waals surface area contributed by atoms with Gasteiger partial charge in [0.25, 0.3) is 0 Å². The van der Waals surface area contributed by atoms with Gasteiger partial charge in [-0.05, 0) is 37.8 Å². The molecule has 0 saturated heterocycles. The average Bonchev–Trinajstić information content (AvgIpc) is 3.26. The van der Waals surface area contributed by atoms with Crippen molar-refractivity contribution in [3.63, 3.8) is 0 Å². The predicted octanol–water partition coefficient (Wildman–Crippen LogP) is 16.6. The fourth-order valence-corrected chi connectivity index (χ4v) is 8.36. The van der Waals surface area contributed by atoms with Crippen molar-refractivity contribution in [2.75, 3.05) is 39.6 Å². The zero-order chi connectivity index (χ0) is 43.4. The van der Waals surface area contributed by atoms with Crippen molar-refractivity contribution in [2.45, 2.75) is 259 Å². The third kappa shape index (κ3) is 33.7. The van der Waals surface area contributed by atoms with Gasteiger partial charge in [-0.1, -0.05) is 245 Å². The molecule has 0 bridgehead atoms. The van der Waals surface area contributed by atoms with Crippen molar-refractivity contribution >= 4 is 11.9 Å². The van der Waals surface area contributed by atoms with E-state index >= 15 is 0 Å². The molecule has 0 spiro atoms. The molecule has 0 saturated carbocycles. The Morgan fingerprint density at radius 2 is 0.533 bits per heavy atom. The van der Waals surface area contributed by atoms with Gasteiger partial charge >= 0.3 is 11.9 Å². The summed E-state index contributed by atoms with van der Waals surface area (Å²) < 4.78 is 11.9. The molecule has 0 aliphatic rings. The summed E-state index contributed by atoms with van der Waals surface area (Å²) in [5, 5.41) is 0. The molecule has 0 radical (unpaired) electrons. The summed E-state index contributed by atoms with van der Waals surface area (Å²) in [4.78, 5) is 31.8. The van der Waals surface area contributed by atoms with Gasteiger partial charge in [0.05, 0.1) is 11.1 Å². The number of ether oxygens (including phenoxy) is 2. The molecule has 1 aromatic carbocycles. The second-order valence-electron chi connectivity index (χ2n) is 18.2. The Balaban J connectivity index is 2.72. The van der Waals surface area contributed by atoms with Crippen molar-refractivity contribution < 1.29 is 19.1 Å². The third-order valence-corrected chi connectivity index (χ3v) is 12.4. The first-order chi connectivity index (χ1) is 29.6. The second kappa shape index (κ2) is 43.7. The fraction of sp³-hybridized carbons (Fsp3) is 0.852. The minimum atomic E-state index is -0.437. The van der Waals surface area contributed by atoms with Crippen LogP contribution in [0.25, 0.3) is 0 Å². The Morgan fingerprint density at radius 3 is 0.750 bits per heavy atom. The number of carbonyl (C=O) groups is 2. The van der Waals surface area contributed by atoms with Gasteiger partial charge in [-0.15, -0.1) is 0 Å². The molecule has 0 heterocycles. The number of unbranched alkanes of at least 4 members (excludes halogenated alkanes) is 32. The monoisotopic (exact) mass is 841 g/mol. The maximum atomic E-state index is 13.6. The highest BCUT2D eigenvalue weighted by atomic mass is 16.6. The Hall–Kier alpha value is -1.92. The number of benzene rings is 1. The SMILES string of the molecule is CCCCCCCCCCCN(CCCCCCCCCCC)COC(=O)c1ccccc1C(=O)OCN(CCCCCCCCCCC)CCCCCCCCCCC. The van der Waals surface area contributed by atoms with Gasteiger partial charge in [0, 0.05) is 26.2 Å². The maximum absolute atomic E-state index is 13.6. The van der Waals surface area contributed by atoms with Crippen molar-refractivity contribution in [2.24, 2.45) is 0 Å². The molecule has 6 heteroatoms. The summed E-state index contributed by atoms with van der Waals surface area (Å²) in [7, 11) is 0. The second-order valence-corrected chi connectivity index (χ2v) is 18.2. The lowest BCUT2D eigenvalue weighted by Crippen LogP contribution is -2.31. The van der Waals surface area contributed by atoms with Crippen molar-refractivity contribution in [1.29, 1.82) is 0 Å². The molecule has 1 rings (SSSR count).